The van der Waals surface area contributed by atoms with E-state index >= 15 is 0 Å². The first-order chi connectivity index (χ1) is 17.6. The number of aliphatic imine (C=N–C) groups is 1. The number of ether oxygens (including phenoxy) is 2. The van der Waals surface area contributed by atoms with E-state index in [0.717, 1.165) is 22.3 Å². The Labute approximate surface area is 221 Å². The van der Waals surface area contributed by atoms with Gasteiger partial charge >= 0.3 is 5.97 Å². The highest BCUT2D eigenvalue weighted by Gasteiger charge is 2.39. The molecule has 37 heavy (non-hydrogen) atoms. The van der Waals surface area contributed by atoms with E-state index in [-0.39, 0.29) is 23.9 Å². The highest BCUT2D eigenvalue weighted by atomic mass is 35.5. The molecule has 7 heteroatoms. The van der Waals surface area contributed by atoms with E-state index in [9.17, 15) is 14.7 Å². The fourth-order valence-corrected chi connectivity index (χ4v) is 4.70. The van der Waals surface area contributed by atoms with Crippen LogP contribution in [-0.4, -0.2) is 41.8 Å². The van der Waals surface area contributed by atoms with Gasteiger partial charge in [0.25, 0.3) is 0 Å². The molecule has 3 aromatic carbocycles. The Hall–Kier alpha value is -3.90. The van der Waals surface area contributed by atoms with Crippen molar-refractivity contribution in [1.29, 1.82) is 0 Å². The Balaban J connectivity index is 1.74. The largest absolute Gasteiger partial charge is 0.496 e. The molecule has 3 aromatic rings. The van der Waals surface area contributed by atoms with E-state index in [1.165, 1.54) is 0 Å². The van der Waals surface area contributed by atoms with Gasteiger partial charge in [0.1, 0.15) is 17.0 Å². The first-order valence-corrected chi connectivity index (χ1v) is 12.3. The third-order valence-corrected chi connectivity index (χ3v) is 6.56. The number of ketones is 1. The van der Waals surface area contributed by atoms with Crippen LogP contribution < -0.4 is 9.47 Å². The minimum Gasteiger partial charge on any atom is -0.496 e. The van der Waals surface area contributed by atoms with Crippen molar-refractivity contribution in [1.82, 2.24) is 0 Å². The van der Waals surface area contributed by atoms with Gasteiger partial charge in [0, 0.05) is 18.2 Å². The summed E-state index contributed by atoms with van der Waals surface area (Å²) in [5, 5.41) is 9.75. The quantitative estimate of drug-likeness (QED) is 0.323. The van der Waals surface area contributed by atoms with Gasteiger partial charge in [-0.3, -0.25) is 9.79 Å². The number of Topliss-reactive ketones (excluding diaryl/α,β-unsaturated/α-hetero) is 1. The Morgan fingerprint density at radius 1 is 1.08 bits per heavy atom. The summed E-state index contributed by atoms with van der Waals surface area (Å²) in [6.45, 7) is 5.76. The Morgan fingerprint density at radius 2 is 1.86 bits per heavy atom. The zero-order valence-corrected chi connectivity index (χ0v) is 21.9. The van der Waals surface area contributed by atoms with Gasteiger partial charge in [0.05, 0.1) is 23.8 Å². The van der Waals surface area contributed by atoms with E-state index < -0.39 is 11.5 Å². The fraction of sp³-hybridized carbons (Fsp3) is 0.233. The van der Waals surface area contributed by atoms with Crippen LogP contribution in [0.15, 0.2) is 71.7 Å². The first kappa shape index (κ1) is 26.2. The maximum Gasteiger partial charge on any atom is 0.335 e. The van der Waals surface area contributed by atoms with Crippen LogP contribution in [-0.2, 0) is 6.42 Å². The molecular weight excluding hydrogens is 490 g/mol. The van der Waals surface area contributed by atoms with E-state index in [1.807, 2.05) is 39.0 Å². The molecule has 0 radical (unpaired) electrons. The van der Waals surface area contributed by atoms with E-state index in [4.69, 9.17) is 21.1 Å². The lowest BCUT2D eigenvalue weighted by molar-refractivity contribution is 0.0696. The van der Waals surface area contributed by atoms with Crippen molar-refractivity contribution < 1.29 is 24.2 Å². The molecule has 1 aliphatic rings. The topological polar surface area (TPSA) is 85.2 Å². The smallest absolute Gasteiger partial charge is 0.335 e. The molecule has 190 valence electrons. The fourth-order valence-electron chi connectivity index (χ4n) is 4.44. The van der Waals surface area contributed by atoms with Crippen molar-refractivity contribution in [2.45, 2.75) is 38.8 Å². The molecule has 1 N–H and O–H groups in total. The second kappa shape index (κ2) is 10.6. The highest BCUT2D eigenvalue weighted by Crippen LogP contribution is 2.36. The van der Waals surface area contributed by atoms with Gasteiger partial charge in [0.15, 0.2) is 5.78 Å². The summed E-state index contributed by atoms with van der Waals surface area (Å²) in [4.78, 5) is 30.0. The zero-order chi connectivity index (χ0) is 26.7. The van der Waals surface area contributed by atoms with Crippen molar-refractivity contribution in [3.05, 3.63) is 94.0 Å². The number of carboxylic acid groups (broad SMARTS) is 1. The molecule has 4 rings (SSSR count). The molecular formula is C30H28ClNO5. The summed E-state index contributed by atoms with van der Waals surface area (Å²) in [5.41, 5.74) is 2.65. The number of carbonyl (C=O) groups excluding carboxylic acids is 1. The minimum absolute atomic E-state index is 0.0223. The summed E-state index contributed by atoms with van der Waals surface area (Å²) in [6, 6.07) is 15.7. The lowest BCUT2D eigenvalue weighted by Crippen LogP contribution is -2.36. The number of aryl methyl sites for hydroxylation is 1. The third-order valence-electron chi connectivity index (χ3n) is 6.25. The molecule has 0 aromatic heterocycles. The van der Waals surface area contributed by atoms with Crippen molar-refractivity contribution in [3.8, 4) is 22.6 Å². The number of methoxy groups -OCH3 is 1. The molecule has 0 aliphatic carbocycles. The molecule has 6 nitrogen and oxygen atoms in total. The molecule has 1 unspecified atom stereocenters. The van der Waals surface area contributed by atoms with Gasteiger partial charge in [-0.2, -0.15) is 0 Å². The second-order valence-corrected chi connectivity index (χ2v) is 9.64. The Kier molecular flexibility index (Phi) is 7.50. The highest BCUT2D eigenvalue weighted by molar-refractivity contribution is 6.34. The number of allylic oxidation sites excluding steroid dienone is 1. The number of carbonyl (C=O) groups is 2. The summed E-state index contributed by atoms with van der Waals surface area (Å²) in [6.07, 6.45) is 5.34. The van der Waals surface area contributed by atoms with Crippen LogP contribution in [0.5, 0.6) is 11.5 Å². The average molecular weight is 518 g/mol. The van der Waals surface area contributed by atoms with Crippen molar-refractivity contribution in [3.63, 3.8) is 0 Å². The number of halogens is 1. The van der Waals surface area contributed by atoms with Gasteiger partial charge in [0.2, 0.25) is 0 Å². The molecule has 0 amide bonds. The Bertz CT molecular complexity index is 1410. The molecule has 0 saturated heterocycles. The van der Waals surface area contributed by atoms with Crippen LogP contribution in [0.2, 0.25) is 5.02 Å². The number of benzene rings is 3. The van der Waals surface area contributed by atoms with Crippen molar-refractivity contribution >= 4 is 29.6 Å². The number of hydrogen-bond acceptors (Lipinski definition) is 5. The summed E-state index contributed by atoms with van der Waals surface area (Å²) in [5.74, 6) is -0.0450. The van der Waals surface area contributed by atoms with E-state index in [0.29, 0.717) is 22.1 Å². The number of rotatable bonds is 9. The van der Waals surface area contributed by atoms with E-state index in [2.05, 4.69) is 4.99 Å². The third kappa shape index (κ3) is 5.44. The Morgan fingerprint density at radius 3 is 2.49 bits per heavy atom. The molecule has 0 fully saturated rings. The van der Waals surface area contributed by atoms with Crippen LogP contribution in [0.1, 0.15) is 45.7 Å². The molecule has 0 spiro atoms. The standard InChI is InChI=1S/C30H28ClNO5/c1-18(2)37-23-9-10-24(26(31)16-23)28(33)30(12-5-13-32-30)17-22-14-20(8-11-27(22)36-4)25-15-21(29(34)35)7-6-19(25)3/h5-16,18H,17H2,1-4H3,(H,34,35). The second-order valence-electron chi connectivity index (χ2n) is 9.24. The summed E-state index contributed by atoms with van der Waals surface area (Å²) in [7, 11) is 1.57. The number of hydrogen-bond donors (Lipinski definition) is 1. The van der Waals surface area contributed by atoms with Gasteiger partial charge in [-0.15, -0.1) is 0 Å². The molecule has 0 bridgehead atoms. The zero-order valence-electron chi connectivity index (χ0n) is 21.1. The van der Waals surface area contributed by atoms with Gasteiger partial charge in [-0.25, -0.2) is 4.79 Å². The molecule has 1 atom stereocenters. The molecule has 1 heterocycles. The van der Waals surface area contributed by atoms with Gasteiger partial charge in [-0.1, -0.05) is 23.7 Å². The number of aromatic carboxylic acids is 1. The SMILES string of the molecule is COc1ccc(-c2cc(C(=O)O)ccc2C)cc1CC1(C(=O)c2ccc(OC(C)C)cc2Cl)C=CC=N1. The first-order valence-electron chi connectivity index (χ1n) is 11.9. The van der Waals surface area contributed by atoms with Crippen molar-refractivity contribution in [2.24, 2.45) is 4.99 Å². The maximum atomic E-state index is 13.9. The van der Waals surface area contributed by atoms with E-state index in [1.54, 1.807) is 61.9 Å². The summed E-state index contributed by atoms with van der Waals surface area (Å²) >= 11 is 6.52. The molecule has 1 aliphatic heterocycles. The maximum absolute atomic E-state index is 13.9. The van der Waals surface area contributed by atoms with Crippen molar-refractivity contribution in [2.75, 3.05) is 7.11 Å². The minimum atomic E-state index is -1.20. The summed E-state index contributed by atoms with van der Waals surface area (Å²) < 4.78 is 11.3. The number of carboxylic acids is 1. The van der Waals surface area contributed by atoms with Gasteiger partial charge in [-0.05, 0) is 97.6 Å². The lowest BCUT2D eigenvalue weighted by Gasteiger charge is -2.25. The average Bonchev–Trinajstić information content (AvgIpc) is 3.33. The lowest BCUT2D eigenvalue weighted by atomic mass is 9.83. The normalized spacial score (nSPS) is 16.3. The van der Waals surface area contributed by atoms with Crippen LogP contribution in [0, 0.1) is 6.92 Å². The molecule has 0 saturated carbocycles. The van der Waals surface area contributed by atoms with Crippen LogP contribution in [0.4, 0.5) is 0 Å². The predicted octanol–water partition coefficient (Wildman–Crippen LogP) is 6.61. The number of nitrogens with zero attached hydrogens (tertiary/aromatic N) is 1. The monoisotopic (exact) mass is 517 g/mol. The predicted molar refractivity (Wildman–Crippen MR) is 146 cm³/mol. The van der Waals surface area contributed by atoms with Crippen LogP contribution in [0.25, 0.3) is 11.1 Å². The van der Waals surface area contributed by atoms with Crippen LogP contribution in [0.3, 0.4) is 0 Å². The van der Waals surface area contributed by atoms with Crippen LogP contribution >= 0.6 is 11.6 Å². The van der Waals surface area contributed by atoms with Gasteiger partial charge < -0.3 is 14.6 Å².